The predicted octanol–water partition coefficient (Wildman–Crippen LogP) is -0.293. The van der Waals surface area contributed by atoms with Gasteiger partial charge in [-0.1, -0.05) is 0 Å². The number of hydrogen-bond acceptors (Lipinski definition) is 8. The van der Waals surface area contributed by atoms with Gasteiger partial charge < -0.3 is 9.84 Å². The fraction of sp³-hybridized carbons (Fsp3) is 0.250. The zero-order valence-corrected chi connectivity index (χ0v) is 10.0. The van der Waals surface area contributed by atoms with Crippen LogP contribution in [0.1, 0.15) is 0 Å². The van der Waals surface area contributed by atoms with Crippen LogP contribution in [0.3, 0.4) is 0 Å². The minimum Gasteiger partial charge on any atom is -0.481 e. The van der Waals surface area contributed by atoms with Crippen LogP contribution in [0.15, 0.2) is 22.6 Å². The summed E-state index contributed by atoms with van der Waals surface area (Å²) in [7, 11) is 1.49. The molecule has 0 atom stereocenters. The predicted molar refractivity (Wildman–Crippen MR) is 58.2 cm³/mol. The van der Waals surface area contributed by atoms with Gasteiger partial charge in [-0.05, 0) is 22.2 Å². The van der Waals surface area contributed by atoms with Gasteiger partial charge in [0.2, 0.25) is 11.0 Å². The van der Waals surface area contributed by atoms with Crippen molar-refractivity contribution in [3.63, 3.8) is 0 Å². The number of methoxy groups -OCH3 is 1. The number of ether oxygens (including phenoxy) is 1. The Balaban J connectivity index is 2.17. The van der Waals surface area contributed by atoms with Gasteiger partial charge in [0.15, 0.2) is 5.16 Å². The zero-order valence-electron chi connectivity index (χ0n) is 9.22. The molecule has 94 valence electrons. The third-order valence-electron chi connectivity index (χ3n) is 1.78. The lowest BCUT2D eigenvalue weighted by molar-refractivity contribution is -0.138. The van der Waals surface area contributed by atoms with E-state index in [0.29, 0.717) is 16.2 Å². The number of carboxylic acids is 1. The molecular formula is C8H8N6O3S. The van der Waals surface area contributed by atoms with E-state index in [2.05, 4.69) is 25.5 Å². The van der Waals surface area contributed by atoms with Crippen LogP contribution in [0.5, 0.6) is 5.88 Å². The lowest BCUT2D eigenvalue weighted by Gasteiger charge is -2.01. The number of aliphatic carboxylic acids is 1. The number of aromatic nitrogens is 6. The van der Waals surface area contributed by atoms with Crippen LogP contribution in [-0.2, 0) is 11.3 Å². The van der Waals surface area contributed by atoms with E-state index >= 15 is 0 Å². The van der Waals surface area contributed by atoms with Gasteiger partial charge in [-0.15, -0.1) is 5.10 Å². The molecule has 1 N–H and O–H groups in total. The van der Waals surface area contributed by atoms with Crippen molar-refractivity contribution in [2.75, 3.05) is 7.11 Å². The van der Waals surface area contributed by atoms with Crippen molar-refractivity contribution in [1.29, 1.82) is 0 Å². The van der Waals surface area contributed by atoms with E-state index < -0.39 is 5.97 Å². The molecule has 0 aliphatic rings. The van der Waals surface area contributed by atoms with E-state index in [4.69, 9.17) is 9.84 Å². The van der Waals surface area contributed by atoms with Crippen molar-refractivity contribution in [1.82, 2.24) is 30.2 Å². The number of carbonyl (C=O) groups is 1. The summed E-state index contributed by atoms with van der Waals surface area (Å²) < 4.78 is 6.10. The number of tetrazole rings is 1. The molecule has 9 nitrogen and oxygen atoms in total. The van der Waals surface area contributed by atoms with Crippen LogP contribution in [-0.4, -0.2) is 48.4 Å². The van der Waals surface area contributed by atoms with E-state index in [1.54, 1.807) is 6.07 Å². The summed E-state index contributed by atoms with van der Waals surface area (Å²) in [5.74, 6) is -0.625. The molecule has 0 aliphatic carbocycles. The molecule has 2 aromatic rings. The molecule has 0 saturated heterocycles. The summed E-state index contributed by atoms with van der Waals surface area (Å²) in [5, 5.41) is 20.0. The Morgan fingerprint density at radius 1 is 1.61 bits per heavy atom. The summed E-state index contributed by atoms with van der Waals surface area (Å²) in [6, 6.07) is 1.60. The minimum absolute atomic E-state index is 0.297. The first-order valence-electron chi connectivity index (χ1n) is 4.72. The minimum atomic E-state index is -1.03. The summed E-state index contributed by atoms with van der Waals surface area (Å²) >= 11 is 1.05. The summed E-state index contributed by atoms with van der Waals surface area (Å²) in [6.45, 7) is -0.320. The highest BCUT2D eigenvalue weighted by Crippen LogP contribution is 2.22. The number of rotatable bonds is 5. The van der Waals surface area contributed by atoms with Crippen LogP contribution in [0.2, 0.25) is 0 Å². The van der Waals surface area contributed by atoms with E-state index in [9.17, 15) is 4.79 Å². The van der Waals surface area contributed by atoms with Crippen molar-refractivity contribution in [3.05, 3.63) is 12.3 Å². The van der Waals surface area contributed by atoms with Crippen molar-refractivity contribution >= 4 is 17.7 Å². The fourth-order valence-electron chi connectivity index (χ4n) is 1.07. The van der Waals surface area contributed by atoms with E-state index in [1.807, 2.05) is 0 Å². The molecule has 2 rings (SSSR count). The molecule has 2 heterocycles. The van der Waals surface area contributed by atoms with Gasteiger partial charge in [0.05, 0.1) is 7.11 Å². The maximum Gasteiger partial charge on any atom is 0.325 e. The van der Waals surface area contributed by atoms with Crippen LogP contribution in [0, 0.1) is 0 Å². The molecule has 0 aliphatic heterocycles. The SMILES string of the molecule is COc1ccnc(Sc2nnnn2CC(=O)O)n1. The number of hydrogen-bond donors (Lipinski definition) is 1. The average Bonchev–Trinajstić information content (AvgIpc) is 2.76. The molecular weight excluding hydrogens is 260 g/mol. The third-order valence-corrected chi connectivity index (χ3v) is 2.64. The second-order valence-electron chi connectivity index (χ2n) is 3.00. The van der Waals surface area contributed by atoms with Crippen LogP contribution in [0.25, 0.3) is 0 Å². The lowest BCUT2D eigenvalue weighted by Crippen LogP contribution is -2.11. The van der Waals surface area contributed by atoms with Crippen molar-refractivity contribution < 1.29 is 14.6 Å². The van der Waals surface area contributed by atoms with Gasteiger partial charge in [-0.2, -0.15) is 4.98 Å². The van der Waals surface area contributed by atoms with Crippen molar-refractivity contribution in [3.8, 4) is 5.88 Å². The highest BCUT2D eigenvalue weighted by atomic mass is 32.2. The average molecular weight is 268 g/mol. The maximum absolute atomic E-state index is 10.6. The second kappa shape index (κ2) is 5.40. The first-order valence-corrected chi connectivity index (χ1v) is 5.53. The maximum atomic E-state index is 10.6. The lowest BCUT2D eigenvalue weighted by atomic mass is 10.6. The molecule has 0 bridgehead atoms. The van der Waals surface area contributed by atoms with E-state index in [1.165, 1.54) is 13.3 Å². The van der Waals surface area contributed by atoms with Gasteiger partial charge in [-0.3, -0.25) is 4.79 Å². The quantitative estimate of drug-likeness (QED) is 0.730. The summed E-state index contributed by atoms with van der Waals surface area (Å²) in [4.78, 5) is 18.7. The Morgan fingerprint density at radius 3 is 3.17 bits per heavy atom. The highest BCUT2D eigenvalue weighted by molar-refractivity contribution is 7.99. The molecule has 0 aromatic carbocycles. The molecule has 18 heavy (non-hydrogen) atoms. The highest BCUT2D eigenvalue weighted by Gasteiger charge is 2.12. The first-order chi connectivity index (χ1) is 8.69. The summed E-state index contributed by atoms with van der Waals surface area (Å²) in [5.41, 5.74) is 0. The Bertz CT molecular complexity index is 559. The topological polar surface area (TPSA) is 116 Å². The molecule has 0 spiro atoms. The molecule has 0 saturated carbocycles. The monoisotopic (exact) mass is 268 g/mol. The second-order valence-corrected chi connectivity index (χ2v) is 3.93. The first kappa shape index (κ1) is 12.2. The molecule has 2 aromatic heterocycles. The summed E-state index contributed by atoms with van der Waals surface area (Å²) in [6.07, 6.45) is 1.53. The zero-order chi connectivity index (χ0) is 13.0. The number of nitrogens with zero attached hydrogens (tertiary/aromatic N) is 6. The van der Waals surface area contributed by atoms with Gasteiger partial charge >= 0.3 is 5.97 Å². The smallest absolute Gasteiger partial charge is 0.325 e. The van der Waals surface area contributed by atoms with E-state index in [0.717, 1.165) is 16.4 Å². The Hall–Kier alpha value is -2.23. The van der Waals surface area contributed by atoms with Gasteiger partial charge in [0, 0.05) is 12.3 Å². The molecule has 0 fully saturated rings. The van der Waals surface area contributed by atoms with Crippen LogP contribution < -0.4 is 4.74 Å². The molecule has 10 heteroatoms. The van der Waals surface area contributed by atoms with Crippen molar-refractivity contribution in [2.24, 2.45) is 0 Å². The Labute approximate surface area is 105 Å². The molecule has 0 radical (unpaired) electrons. The van der Waals surface area contributed by atoms with Crippen LogP contribution >= 0.6 is 11.8 Å². The van der Waals surface area contributed by atoms with Crippen molar-refractivity contribution in [2.45, 2.75) is 16.9 Å². The molecule has 0 unspecified atom stereocenters. The third kappa shape index (κ3) is 2.91. The fourth-order valence-corrected chi connectivity index (χ4v) is 1.76. The Kier molecular flexibility index (Phi) is 3.67. The molecule has 0 amide bonds. The standard InChI is InChI=1S/C8H8N6O3S/c1-17-5-2-3-9-7(10-5)18-8-11-12-13-14(8)4-6(15)16/h2-3H,4H2,1H3,(H,15,16). The van der Waals surface area contributed by atoms with Gasteiger partial charge in [0.1, 0.15) is 6.54 Å². The van der Waals surface area contributed by atoms with Gasteiger partial charge in [0.25, 0.3) is 0 Å². The van der Waals surface area contributed by atoms with Gasteiger partial charge in [-0.25, -0.2) is 9.67 Å². The number of carboxylic acid groups (broad SMARTS) is 1. The van der Waals surface area contributed by atoms with Crippen LogP contribution in [0.4, 0.5) is 0 Å². The Morgan fingerprint density at radius 2 is 2.44 bits per heavy atom. The normalized spacial score (nSPS) is 10.3. The largest absolute Gasteiger partial charge is 0.481 e. The van der Waals surface area contributed by atoms with E-state index in [-0.39, 0.29) is 6.54 Å².